The molecule has 2 saturated heterocycles. The summed E-state index contributed by atoms with van der Waals surface area (Å²) in [4.78, 5) is 0. The lowest BCUT2D eigenvalue weighted by molar-refractivity contribution is -0.147. The van der Waals surface area contributed by atoms with Gasteiger partial charge >= 0.3 is 0 Å². The van der Waals surface area contributed by atoms with Crippen molar-refractivity contribution in [3.05, 3.63) is 0 Å². The molecule has 0 aliphatic carbocycles. The van der Waals surface area contributed by atoms with Gasteiger partial charge < -0.3 is 15.2 Å². The predicted octanol–water partition coefficient (Wildman–Crippen LogP) is 2.73. The second kappa shape index (κ2) is 6.36. The van der Waals surface area contributed by atoms with Gasteiger partial charge in [-0.2, -0.15) is 0 Å². The molecule has 18 heavy (non-hydrogen) atoms. The molecule has 0 amide bonds. The predicted molar refractivity (Wildman–Crippen MR) is 73.5 cm³/mol. The maximum atomic E-state index is 6.15. The summed E-state index contributed by atoms with van der Waals surface area (Å²) in [6, 6.07) is 0.360. The first kappa shape index (κ1) is 14.3. The second-order valence-electron chi connectivity index (χ2n) is 6.49. The average Bonchev–Trinajstić information content (AvgIpc) is 2.37. The van der Waals surface area contributed by atoms with Gasteiger partial charge in [-0.15, -0.1) is 0 Å². The lowest BCUT2D eigenvalue weighted by Crippen LogP contribution is -2.44. The molecule has 0 bridgehead atoms. The van der Waals surface area contributed by atoms with Crippen molar-refractivity contribution < 1.29 is 9.47 Å². The fourth-order valence-corrected chi connectivity index (χ4v) is 3.23. The van der Waals surface area contributed by atoms with Crippen molar-refractivity contribution in [2.24, 2.45) is 17.6 Å². The van der Waals surface area contributed by atoms with Crippen LogP contribution >= 0.6 is 0 Å². The molecule has 106 valence electrons. The number of hydrogen-bond acceptors (Lipinski definition) is 3. The Morgan fingerprint density at radius 3 is 2.61 bits per heavy atom. The van der Waals surface area contributed by atoms with Gasteiger partial charge in [0.15, 0.2) is 0 Å². The van der Waals surface area contributed by atoms with Crippen molar-refractivity contribution in [1.82, 2.24) is 0 Å². The Bertz CT molecular complexity index is 243. The monoisotopic (exact) mass is 255 g/mol. The first-order valence-corrected chi connectivity index (χ1v) is 7.59. The molecular weight excluding hydrogens is 226 g/mol. The number of hydrogen-bond donors (Lipinski definition) is 1. The molecule has 2 unspecified atom stereocenters. The van der Waals surface area contributed by atoms with Crippen LogP contribution in [-0.2, 0) is 9.47 Å². The lowest BCUT2D eigenvalue weighted by Gasteiger charge is -2.43. The minimum absolute atomic E-state index is 0.142. The fourth-order valence-electron chi connectivity index (χ4n) is 3.23. The van der Waals surface area contributed by atoms with Crippen molar-refractivity contribution in [3.63, 3.8) is 0 Å². The molecule has 3 heteroatoms. The molecule has 1 spiro atoms. The molecule has 2 rings (SSSR count). The van der Waals surface area contributed by atoms with Gasteiger partial charge in [-0.3, -0.25) is 0 Å². The lowest BCUT2D eigenvalue weighted by atomic mass is 9.78. The van der Waals surface area contributed by atoms with Gasteiger partial charge in [-0.25, -0.2) is 0 Å². The van der Waals surface area contributed by atoms with Crippen molar-refractivity contribution in [2.75, 3.05) is 19.8 Å². The maximum absolute atomic E-state index is 6.15. The summed E-state index contributed by atoms with van der Waals surface area (Å²) in [5, 5.41) is 0. The van der Waals surface area contributed by atoms with Crippen LogP contribution in [0.15, 0.2) is 0 Å². The van der Waals surface area contributed by atoms with Gasteiger partial charge in [-0.05, 0) is 50.4 Å². The van der Waals surface area contributed by atoms with Gasteiger partial charge in [0.2, 0.25) is 0 Å². The fraction of sp³-hybridized carbons (Fsp3) is 1.00. The molecule has 0 aromatic heterocycles. The van der Waals surface area contributed by atoms with E-state index in [0.717, 1.165) is 45.0 Å². The van der Waals surface area contributed by atoms with Gasteiger partial charge in [0.25, 0.3) is 0 Å². The highest BCUT2D eigenvalue weighted by Crippen LogP contribution is 2.38. The molecule has 2 atom stereocenters. The molecule has 3 nitrogen and oxygen atoms in total. The van der Waals surface area contributed by atoms with Crippen molar-refractivity contribution in [3.8, 4) is 0 Å². The molecule has 0 aromatic carbocycles. The molecule has 2 aliphatic heterocycles. The first-order valence-electron chi connectivity index (χ1n) is 7.59. The van der Waals surface area contributed by atoms with E-state index in [4.69, 9.17) is 15.2 Å². The van der Waals surface area contributed by atoms with Crippen molar-refractivity contribution in [1.29, 1.82) is 0 Å². The Balaban J connectivity index is 1.79. The van der Waals surface area contributed by atoms with E-state index >= 15 is 0 Å². The van der Waals surface area contributed by atoms with Gasteiger partial charge in [0.05, 0.1) is 5.60 Å². The molecule has 0 aromatic rings. The minimum atomic E-state index is 0.142. The third-order valence-electron chi connectivity index (χ3n) is 4.76. The minimum Gasteiger partial charge on any atom is -0.381 e. The average molecular weight is 255 g/mol. The third-order valence-corrected chi connectivity index (χ3v) is 4.76. The maximum Gasteiger partial charge on any atom is 0.0729 e. The van der Waals surface area contributed by atoms with Crippen LogP contribution < -0.4 is 5.73 Å². The second-order valence-corrected chi connectivity index (χ2v) is 6.49. The van der Waals surface area contributed by atoms with E-state index in [1.165, 1.54) is 19.3 Å². The summed E-state index contributed by atoms with van der Waals surface area (Å²) >= 11 is 0. The van der Waals surface area contributed by atoms with E-state index in [-0.39, 0.29) is 5.60 Å². The summed E-state index contributed by atoms with van der Waals surface area (Å²) < 4.78 is 11.5. The summed E-state index contributed by atoms with van der Waals surface area (Å²) in [7, 11) is 0. The van der Waals surface area contributed by atoms with Crippen LogP contribution in [0.2, 0.25) is 0 Å². The molecule has 2 aliphatic rings. The van der Waals surface area contributed by atoms with Gasteiger partial charge in [0, 0.05) is 25.9 Å². The molecule has 2 heterocycles. The van der Waals surface area contributed by atoms with E-state index < -0.39 is 0 Å². The topological polar surface area (TPSA) is 44.5 Å². The van der Waals surface area contributed by atoms with E-state index in [9.17, 15) is 0 Å². The number of rotatable bonds is 4. The zero-order valence-electron chi connectivity index (χ0n) is 12.0. The highest BCUT2D eigenvalue weighted by molar-refractivity contribution is 4.89. The molecule has 0 saturated carbocycles. The normalized spacial score (nSPS) is 29.7. The highest BCUT2D eigenvalue weighted by Gasteiger charge is 2.38. The van der Waals surface area contributed by atoms with E-state index in [1.54, 1.807) is 0 Å². The summed E-state index contributed by atoms with van der Waals surface area (Å²) in [6.45, 7) is 7.11. The van der Waals surface area contributed by atoms with Crippen LogP contribution in [-0.4, -0.2) is 31.5 Å². The highest BCUT2D eigenvalue weighted by atomic mass is 16.5. The SMILES string of the molecule is CC(C)C(N)CCC1CCOC2(CCOCC2)C1. The van der Waals surface area contributed by atoms with E-state index in [0.29, 0.717) is 12.0 Å². The quantitative estimate of drug-likeness (QED) is 0.840. The Morgan fingerprint density at radius 1 is 1.22 bits per heavy atom. The standard InChI is InChI=1S/C15H29NO2/c1-12(2)14(16)4-3-13-5-8-18-15(11-13)6-9-17-10-7-15/h12-14H,3-11,16H2,1-2H3. The smallest absolute Gasteiger partial charge is 0.0729 e. The van der Waals surface area contributed by atoms with E-state index in [1.807, 2.05) is 0 Å². The van der Waals surface area contributed by atoms with Crippen LogP contribution in [0.3, 0.4) is 0 Å². The van der Waals surface area contributed by atoms with Crippen molar-refractivity contribution >= 4 is 0 Å². The van der Waals surface area contributed by atoms with Crippen molar-refractivity contribution in [2.45, 2.75) is 64.0 Å². The van der Waals surface area contributed by atoms with Crippen LogP contribution in [0.5, 0.6) is 0 Å². The Kier molecular flexibility index (Phi) is 5.05. The molecule has 2 N–H and O–H groups in total. The summed E-state index contributed by atoms with van der Waals surface area (Å²) in [5.74, 6) is 1.41. The Hall–Kier alpha value is -0.120. The van der Waals surface area contributed by atoms with E-state index in [2.05, 4.69) is 13.8 Å². The Labute approximate surface area is 111 Å². The third kappa shape index (κ3) is 3.69. The van der Waals surface area contributed by atoms with Crippen LogP contribution in [0.4, 0.5) is 0 Å². The number of ether oxygens (including phenoxy) is 2. The summed E-state index contributed by atoms with van der Waals surface area (Å²) in [6.07, 6.45) is 7.04. The van der Waals surface area contributed by atoms with Gasteiger partial charge in [0.1, 0.15) is 0 Å². The van der Waals surface area contributed by atoms with Crippen LogP contribution in [0, 0.1) is 11.8 Å². The van der Waals surface area contributed by atoms with Crippen LogP contribution in [0.1, 0.15) is 52.4 Å². The van der Waals surface area contributed by atoms with Crippen LogP contribution in [0.25, 0.3) is 0 Å². The molecule has 0 radical (unpaired) electrons. The molecular formula is C15H29NO2. The number of nitrogens with two attached hydrogens (primary N) is 1. The zero-order chi connectivity index (χ0) is 13.0. The molecule has 2 fully saturated rings. The van der Waals surface area contributed by atoms with Gasteiger partial charge in [-0.1, -0.05) is 13.8 Å². The largest absolute Gasteiger partial charge is 0.381 e. The zero-order valence-corrected chi connectivity index (χ0v) is 12.0. The Morgan fingerprint density at radius 2 is 1.94 bits per heavy atom. The first-order chi connectivity index (χ1) is 8.61. The summed E-state index contributed by atoms with van der Waals surface area (Å²) in [5.41, 5.74) is 6.29.